The predicted molar refractivity (Wildman–Crippen MR) is 43.3 cm³/mol. The SMILES string of the molecule is CCOCc1ncc(C)n1C. The van der Waals surface area contributed by atoms with Crippen LogP contribution in [-0.4, -0.2) is 16.2 Å². The van der Waals surface area contributed by atoms with Gasteiger partial charge >= 0.3 is 0 Å². The number of aryl methyl sites for hydroxylation is 1. The second-order valence-electron chi connectivity index (χ2n) is 2.51. The fraction of sp³-hybridized carbons (Fsp3) is 0.625. The van der Waals surface area contributed by atoms with Crippen molar-refractivity contribution >= 4 is 0 Å². The Balaban J connectivity index is 2.63. The normalized spacial score (nSPS) is 10.5. The number of imidazole rings is 1. The second-order valence-corrected chi connectivity index (χ2v) is 2.51. The van der Waals surface area contributed by atoms with Gasteiger partial charge in [0.2, 0.25) is 0 Å². The Morgan fingerprint density at radius 3 is 2.82 bits per heavy atom. The van der Waals surface area contributed by atoms with Crippen molar-refractivity contribution in [1.29, 1.82) is 0 Å². The summed E-state index contributed by atoms with van der Waals surface area (Å²) in [6.45, 7) is 5.37. The average molecular weight is 154 g/mol. The van der Waals surface area contributed by atoms with E-state index >= 15 is 0 Å². The molecule has 0 aliphatic heterocycles. The zero-order valence-corrected chi connectivity index (χ0v) is 7.29. The van der Waals surface area contributed by atoms with E-state index in [4.69, 9.17) is 4.74 Å². The average Bonchev–Trinajstić information content (AvgIpc) is 2.31. The van der Waals surface area contributed by atoms with Crippen LogP contribution in [0.1, 0.15) is 18.4 Å². The van der Waals surface area contributed by atoms with Crippen molar-refractivity contribution < 1.29 is 4.74 Å². The van der Waals surface area contributed by atoms with Crippen LogP contribution in [0.5, 0.6) is 0 Å². The first-order valence-electron chi connectivity index (χ1n) is 3.80. The van der Waals surface area contributed by atoms with E-state index in [9.17, 15) is 0 Å². The molecule has 0 fully saturated rings. The monoisotopic (exact) mass is 154 g/mol. The Bertz CT molecular complexity index is 230. The van der Waals surface area contributed by atoms with Gasteiger partial charge in [0.1, 0.15) is 12.4 Å². The van der Waals surface area contributed by atoms with E-state index in [1.807, 2.05) is 31.7 Å². The van der Waals surface area contributed by atoms with E-state index in [0.29, 0.717) is 6.61 Å². The Labute approximate surface area is 67.0 Å². The van der Waals surface area contributed by atoms with Crippen LogP contribution in [0, 0.1) is 6.92 Å². The molecule has 0 aromatic carbocycles. The first-order valence-corrected chi connectivity index (χ1v) is 3.80. The maximum absolute atomic E-state index is 5.23. The van der Waals surface area contributed by atoms with Gasteiger partial charge in [-0.3, -0.25) is 0 Å². The van der Waals surface area contributed by atoms with Gasteiger partial charge in [-0.25, -0.2) is 4.98 Å². The van der Waals surface area contributed by atoms with Crippen LogP contribution in [0.4, 0.5) is 0 Å². The van der Waals surface area contributed by atoms with E-state index < -0.39 is 0 Å². The Morgan fingerprint density at radius 1 is 1.64 bits per heavy atom. The van der Waals surface area contributed by atoms with E-state index in [0.717, 1.165) is 12.4 Å². The first kappa shape index (κ1) is 8.27. The van der Waals surface area contributed by atoms with Crippen molar-refractivity contribution in [2.24, 2.45) is 7.05 Å². The smallest absolute Gasteiger partial charge is 0.134 e. The number of rotatable bonds is 3. The molecule has 11 heavy (non-hydrogen) atoms. The van der Waals surface area contributed by atoms with Gasteiger partial charge in [-0.15, -0.1) is 0 Å². The van der Waals surface area contributed by atoms with Gasteiger partial charge in [0.25, 0.3) is 0 Å². The third-order valence-electron chi connectivity index (χ3n) is 1.75. The molecule has 1 aromatic heterocycles. The van der Waals surface area contributed by atoms with Crippen molar-refractivity contribution in [2.45, 2.75) is 20.5 Å². The van der Waals surface area contributed by atoms with Crippen molar-refractivity contribution in [3.8, 4) is 0 Å². The summed E-state index contributed by atoms with van der Waals surface area (Å²) in [5.74, 6) is 0.990. The lowest BCUT2D eigenvalue weighted by molar-refractivity contribution is 0.126. The number of nitrogens with zero attached hydrogens (tertiary/aromatic N) is 2. The van der Waals surface area contributed by atoms with Crippen LogP contribution in [0.15, 0.2) is 6.20 Å². The van der Waals surface area contributed by atoms with Crippen LogP contribution in [0.3, 0.4) is 0 Å². The molecule has 0 unspecified atom stereocenters. The molecule has 1 aromatic rings. The zero-order chi connectivity index (χ0) is 8.27. The molecule has 0 saturated carbocycles. The molecule has 0 N–H and O–H groups in total. The minimum atomic E-state index is 0.612. The minimum Gasteiger partial charge on any atom is -0.374 e. The van der Waals surface area contributed by atoms with E-state index in [1.54, 1.807) is 0 Å². The molecular weight excluding hydrogens is 140 g/mol. The zero-order valence-electron chi connectivity index (χ0n) is 7.29. The van der Waals surface area contributed by atoms with Crippen molar-refractivity contribution in [3.63, 3.8) is 0 Å². The summed E-state index contributed by atoms with van der Waals surface area (Å²) >= 11 is 0. The van der Waals surface area contributed by atoms with E-state index in [-0.39, 0.29) is 0 Å². The molecule has 62 valence electrons. The van der Waals surface area contributed by atoms with Gasteiger partial charge in [-0.05, 0) is 13.8 Å². The van der Waals surface area contributed by atoms with E-state index in [1.165, 1.54) is 5.69 Å². The first-order chi connectivity index (χ1) is 5.25. The van der Waals surface area contributed by atoms with Crippen LogP contribution >= 0.6 is 0 Å². The lowest BCUT2D eigenvalue weighted by Gasteiger charge is -2.02. The molecule has 1 heterocycles. The van der Waals surface area contributed by atoms with Gasteiger partial charge in [0.15, 0.2) is 0 Å². The molecule has 3 nitrogen and oxygen atoms in total. The molecule has 0 spiro atoms. The summed E-state index contributed by atoms with van der Waals surface area (Å²) < 4.78 is 7.27. The highest BCUT2D eigenvalue weighted by molar-refractivity contribution is 5.01. The number of ether oxygens (including phenoxy) is 1. The third kappa shape index (κ3) is 1.80. The van der Waals surface area contributed by atoms with Gasteiger partial charge in [0.05, 0.1) is 0 Å². The Hall–Kier alpha value is -0.830. The van der Waals surface area contributed by atoms with Gasteiger partial charge < -0.3 is 9.30 Å². The maximum Gasteiger partial charge on any atom is 0.134 e. The number of hydrogen-bond donors (Lipinski definition) is 0. The summed E-state index contributed by atoms with van der Waals surface area (Å²) in [5.41, 5.74) is 1.17. The molecule has 0 amide bonds. The Morgan fingerprint density at radius 2 is 2.36 bits per heavy atom. The number of hydrogen-bond acceptors (Lipinski definition) is 2. The van der Waals surface area contributed by atoms with Gasteiger partial charge in [-0.1, -0.05) is 0 Å². The van der Waals surface area contributed by atoms with Gasteiger partial charge in [0, 0.05) is 25.5 Å². The van der Waals surface area contributed by atoms with Crippen molar-refractivity contribution in [1.82, 2.24) is 9.55 Å². The molecule has 1 rings (SSSR count). The van der Waals surface area contributed by atoms with Crippen LogP contribution in [0.25, 0.3) is 0 Å². The lowest BCUT2D eigenvalue weighted by Crippen LogP contribution is -2.02. The topological polar surface area (TPSA) is 27.1 Å². The molecule has 0 radical (unpaired) electrons. The molecular formula is C8H14N2O. The summed E-state index contributed by atoms with van der Waals surface area (Å²) in [6.07, 6.45) is 1.86. The maximum atomic E-state index is 5.23. The minimum absolute atomic E-state index is 0.612. The van der Waals surface area contributed by atoms with Crippen LogP contribution < -0.4 is 0 Å². The predicted octanol–water partition coefficient (Wildman–Crippen LogP) is 1.27. The van der Waals surface area contributed by atoms with Crippen molar-refractivity contribution in [3.05, 3.63) is 17.7 Å². The lowest BCUT2D eigenvalue weighted by atomic mass is 10.5. The standard InChI is InChI=1S/C8H14N2O/c1-4-11-6-8-9-5-7(2)10(8)3/h5H,4,6H2,1-3H3. The quantitative estimate of drug-likeness (QED) is 0.655. The molecule has 0 aliphatic carbocycles. The van der Waals surface area contributed by atoms with E-state index in [2.05, 4.69) is 4.98 Å². The highest BCUT2D eigenvalue weighted by Gasteiger charge is 2.00. The molecule has 0 aliphatic rings. The Kier molecular flexibility index (Phi) is 2.65. The highest BCUT2D eigenvalue weighted by atomic mass is 16.5. The largest absolute Gasteiger partial charge is 0.374 e. The highest BCUT2D eigenvalue weighted by Crippen LogP contribution is 2.01. The molecule has 0 saturated heterocycles. The third-order valence-corrected chi connectivity index (χ3v) is 1.75. The van der Waals surface area contributed by atoms with Crippen LogP contribution in [0.2, 0.25) is 0 Å². The fourth-order valence-electron chi connectivity index (χ4n) is 0.872. The second kappa shape index (κ2) is 3.53. The van der Waals surface area contributed by atoms with Gasteiger partial charge in [-0.2, -0.15) is 0 Å². The summed E-state index contributed by atoms with van der Waals surface area (Å²) in [6, 6.07) is 0. The summed E-state index contributed by atoms with van der Waals surface area (Å²) in [7, 11) is 2.00. The molecule has 0 atom stereocenters. The summed E-state index contributed by atoms with van der Waals surface area (Å²) in [4.78, 5) is 4.19. The number of aromatic nitrogens is 2. The van der Waals surface area contributed by atoms with Crippen molar-refractivity contribution in [2.75, 3.05) is 6.61 Å². The molecule has 3 heteroatoms. The summed E-state index contributed by atoms with van der Waals surface area (Å²) in [5, 5.41) is 0. The van der Waals surface area contributed by atoms with Crippen LogP contribution in [-0.2, 0) is 18.4 Å². The molecule has 0 bridgehead atoms. The fourth-order valence-corrected chi connectivity index (χ4v) is 0.872.